The number of hydrogen-bond donors (Lipinski definition) is 5. The largest absolute Gasteiger partial charge is 0.508 e. The lowest BCUT2D eigenvalue weighted by Gasteiger charge is -2.17. The Balaban J connectivity index is 1.51. The molecule has 5 N–H and O–H groups in total. The van der Waals surface area contributed by atoms with E-state index in [0.717, 1.165) is 55.3 Å². The Hall–Kier alpha value is -2.56. The number of rotatable bonds is 7. The average Bonchev–Trinajstić information content (AvgIpc) is 3.37. The highest BCUT2D eigenvalue weighted by Crippen LogP contribution is 2.38. The van der Waals surface area contributed by atoms with Crippen LogP contribution in [0.5, 0.6) is 5.75 Å². The first-order valence-corrected chi connectivity index (χ1v) is 12.4. The van der Waals surface area contributed by atoms with Crippen LogP contribution < -0.4 is 10.0 Å². The number of urea groups is 1. The van der Waals surface area contributed by atoms with Crippen molar-refractivity contribution in [1.82, 2.24) is 4.72 Å². The number of amides is 2. The van der Waals surface area contributed by atoms with Gasteiger partial charge in [0.05, 0.1) is 4.90 Å². The van der Waals surface area contributed by atoms with E-state index in [0.29, 0.717) is 12.0 Å². The average molecular weight is 458 g/mol. The molecule has 32 heavy (non-hydrogen) atoms. The Morgan fingerprint density at radius 2 is 1.66 bits per heavy atom. The van der Waals surface area contributed by atoms with E-state index in [4.69, 9.17) is 10.0 Å². The molecular formula is C22H27BN2O6S. The van der Waals surface area contributed by atoms with Crippen molar-refractivity contribution in [3.8, 4) is 5.75 Å². The van der Waals surface area contributed by atoms with Crippen molar-refractivity contribution in [3.05, 3.63) is 52.1 Å². The molecule has 2 amide bonds. The van der Waals surface area contributed by atoms with Crippen molar-refractivity contribution in [2.45, 2.75) is 62.6 Å². The summed E-state index contributed by atoms with van der Waals surface area (Å²) < 4.78 is 27.7. The van der Waals surface area contributed by atoms with Gasteiger partial charge in [-0.1, -0.05) is 12.5 Å². The van der Waals surface area contributed by atoms with Gasteiger partial charge in [-0.05, 0) is 97.3 Å². The van der Waals surface area contributed by atoms with Crippen molar-refractivity contribution in [2.24, 2.45) is 0 Å². The standard InChI is InChI=1S/C22H27BN2O6S/c26-20-10-9-17(13-16(20)6-3-11-23(28)29)32(30,31)25-22(27)24-21-18-7-1-4-14(18)12-15-5-2-8-19(15)21/h9-10,12-13,26,28-29H,1-8,11H2,(H2,24,25,27). The van der Waals surface area contributed by atoms with E-state index in [9.17, 15) is 18.3 Å². The Labute approximate surface area is 187 Å². The van der Waals surface area contributed by atoms with Gasteiger partial charge in [0.15, 0.2) is 0 Å². The van der Waals surface area contributed by atoms with Gasteiger partial charge in [0.1, 0.15) is 5.75 Å². The van der Waals surface area contributed by atoms with Crippen molar-refractivity contribution < 1.29 is 28.4 Å². The minimum atomic E-state index is -4.16. The van der Waals surface area contributed by atoms with Crippen LogP contribution in [0.2, 0.25) is 6.32 Å². The number of aryl methyl sites for hydroxylation is 3. The Morgan fingerprint density at radius 3 is 2.28 bits per heavy atom. The minimum Gasteiger partial charge on any atom is -0.508 e. The van der Waals surface area contributed by atoms with Gasteiger partial charge in [0, 0.05) is 5.69 Å². The number of carbonyl (C=O) groups is 1. The molecular weight excluding hydrogens is 431 g/mol. The quantitative estimate of drug-likeness (QED) is 0.404. The van der Waals surface area contributed by atoms with Crippen molar-refractivity contribution in [1.29, 1.82) is 0 Å². The van der Waals surface area contributed by atoms with Crippen LogP contribution in [0.15, 0.2) is 29.2 Å². The van der Waals surface area contributed by atoms with Crippen LogP contribution in [0.25, 0.3) is 0 Å². The van der Waals surface area contributed by atoms with Crippen LogP contribution in [0.3, 0.4) is 0 Å². The number of hydrogen-bond acceptors (Lipinski definition) is 6. The molecule has 0 saturated carbocycles. The van der Waals surface area contributed by atoms with Gasteiger partial charge < -0.3 is 20.5 Å². The second-order valence-corrected chi connectivity index (χ2v) is 10.1. The molecule has 2 aliphatic carbocycles. The van der Waals surface area contributed by atoms with Crippen LogP contribution in [0, 0.1) is 0 Å². The highest BCUT2D eigenvalue weighted by molar-refractivity contribution is 7.90. The smallest absolute Gasteiger partial charge is 0.451 e. The second kappa shape index (κ2) is 9.13. The lowest BCUT2D eigenvalue weighted by molar-refractivity contribution is 0.256. The molecule has 0 radical (unpaired) electrons. The molecule has 0 saturated heterocycles. The topological polar surface area (TPSA) is 136 Å². The van der Waals surface area contributed by atoms with E-state index in [-0.39, 0.29) is 23.4 Å². The van der Waals surface area contributed by atoms with Gasteiger partial charge in [-0.25, -0.2) is 17.9 Å². The summed E-state index contributed by atoms with van der Waals surface area (Å²) in [6.45, 7) is 0. The third-order valence-electron chi connectivity index (χ3n) is 6.21. The number of nitrogens with one attached hydrogen (secondary N) is 2. The van der Waals surface area contributed by atoms with E-state index < -0.39 is 23.2 Å². The molecule has 10 heteroatoms. The van der Waals surface area contributed by atoms with Gasteiger partial charge in [0.25, 0.3) is 10.0 Å². The lowest BCUT2D eigenvalue weighted by atomic mass is 9.83. The van der Waals surface area contributed by atoms with Crippen LogP contribution in [-0.4, -0.2) is 36.7 Å². The molecule has 0 spiro atoms. The number of benzene rings is 2. The number of carbonyl (C=O) groups excluding carboxylic acids is 1. The number of sulfonamides is 1. The monoisotopic (exact) mass is 458 g/mol. The summed E-state index contributed by atoms with van der Waals surface area (Å²) in [5, 5.41) is 30.7. The molecule has 0 aliphatic heterocycles. The zero-order chi connectivity index (χ0) is 22.9. The number of fused-ring (bicyclic) bond motifs is 2. The molecule has 0 bridgehead atoms. The van der Waals surface area contributed by atoms with E-state index in [1.54, 1.807) is 0 Å². The molecule has 0 heterocycles. The number of aromatic hydroxyl groups is 1. The summed E-state index contributed by atoms with van der Waals surface area (Å²) in [5.74, 6) is -0.0868. The molecule has 2 aliphatic rings. The summed E-state index contributed by atoms with van der Waals surface area (Å²) in [7, 11) is -5.62. The second-order valence-electron chi connectivity index (χ2n) is 8.46. The maximum absolute atomic E-state index is 12.8. The van der Waals surface area contributed by atoms with Gasteiger partial charge in [-0.2, -0.15) is 0 Å². The first kappa shape index (κ1) is 22.6. The fraction of sp³-hybridized carbons (Fsp3) is 0.409. The zero-order valence-electron chi connectivity index (χ0n) is 17.7. The van der Waals surface area contributed by atoms with Gasteiger partial charge in [0.2, 0.25) is 0 Å². The third kappa shape index (κ3) is 4.77. The van der Waals surface area contributed by atoms with Crippen LogP contribution in [-0.2, 0) is 42.1 Å². The molecule has 8 nitrogen and oxygen atoms in total. The predicted molar refractivity (Wildman–Crippen MR) is 121 cm³/mol. The SMILES string of the molecule is O=C(Nc1c2c(cc3c1CCC3)CCC2)NS(=O)(=O)c1ccc(O)c(CCCB(O)O)c1. The van der Waals surface area contributed by atoms with Crippen molar-refractivity contribution in [3.63, 3.8) is 0 Å². The predicted octanol–water partition coefficient (Wildman–Crippen LogP) is 2.29. The zero-order valence-corrected chi connectivity index (χ0v) is 18.5. The van der Waals surface area contributed by atoms with Gasteiger partial charge >= 0.3 is 13.1 Å². The number of phenolic OH excluding ortho intramolecular Hbond substituents is 1. The molecule has 2 aromatic carbocycles. The molecule has 0 aromatic heterocycles. The molecule has 0 unspecified atom stereocenters. The van der Waals surface area contributed by atoms with E-state index >= 15 is 0 Å². The molecule has 170 valence electrons. The maximum atomic E-state index is 12.8. The summed E-state index contributed by atoms with van der Waals surface area (Å²) in [4.78, 5) is 12.5. The van der Waals surface area contributed by atoms with E-state index in [1.807, 2.05) is 0 Å². The van der Waals surface area contributed by atoms with Gasteiger partial charge in [-0.15, -0.1) is 0 Å². The minimum absolute atomic E-state index is 0.0868. The number of phenols is 1. The normalized spacial score (nSPS) is 14.7. The van der Waals surface area contributed by atoms with Crippen LogP contribution in [0.4, 0.5) is 10.5 Å². The van der Waals surface area contributed by atoms with Crippen molar-refractivity contribution >= 4 is 28.9 Å². The molecule has 2 aromatic rings. The first-order valence-electron chi connectivity index (χ1n) is 10.9. The highest BCUT2D eigenvalue weighted by atomic mass is 32.2. The fourth-order valence-electron chi connectivity index (χ4n) is 4.69. The molecule has 0 fully saturated rings. The third-order valence-corrected chi connectivity index (χ3v) is 7.54. The summed E-state index contributed by atoms with van der Waals surface area (Å²) in [5.41, 5.74) is 5.80. The highest BCUT2D eigenvalue weighted by Gasteiger charge is 2.26. The molecule has 4 rings (SSSR count). The van der Waals surface area contributed by atoms with Crippen molar-refractivity contribution in [2.75, 3.05) is 5.32 Å². The van der Waals surface area contributed by atoms with Crippen LogP contribution in [0.1, 0.15) is 47.1 Å². The lowest BCUT2D eigenvalue weighted by Crippen LogP contribution is -2.35. The maximum Gasteiger partial charge on any atom is 0.451 e. The Morgan fingerprint density at radius 1 is 1.00 bits per heavy atom. The fourth-order valence-corrected chi connectivity index (χ4v) is 5.65. The van der Waals surface area contributed by atoms with Gasteiger partial charge in [-0.3, -0.25) is 0 Å². The summed E-state index contributed by atoms with van der Waals surface area (Å²) in [6.07, 6.45) is 6.45. The summed E-state index contributed by atoms with van der Waals surface area (Å²) >= 11 is 0. The van der Waals surface area contributed by atoms with E-state index in [2.05, 4.69) is 16.1 Å². The number of anilines is 1. The Bertz CT molecular complexity index is 1120. The van der Waals surface area contributed by atoms with Crippen LogP contribution >= 0.6 is 0 Å². The summed E-state index contributed by atoms with van der Waals surface area (Å²) in [6, 6.07) is 5.21. The van der Waals surface area contributed by atoms with E-state index in [1.165, 1.54) is 29.3 Å². The Kier molecular flexibility index (Phi) is 6.46. The molecule has 0 atom stereocenters. The first-order chi connectivity index (χ1) is 15.2.